The van der Waals surface area contributed by atoms with Crippen LogP contribution in [0.3, 0.4) is 0 Å². The molecule has 1 N–H and O–H groups in total. The summed E-state index contributed by atoms with van der Waals surface area (Å²) in [6.45, 7) is 7.47. The van der Waals surface area contributed by atoms with Crippen LogP contribution in [0.15, 0.2) is 12.1 Å². The molecule has 28 heavy (non-hydrogen) atoms. The van der Waals surface area contributed by atoms with Gasteiger partial charge in [-0.15, -0.1) is 0 Å². The second-order valence-electron chi connectivity index (χ2n) is 8.10. The lowest BCUT2D eigenvalue weighted by atomic mass is 10.0. The van der Waals surface area contributed by atoms with Gasteiger partial charge in [-0.2, -0.15) is 5.10 Å². The zero-order chi connectivity index (χ0) is 19.5. The normalized spacial score (nSPS) is 19.7. The van der Waals surface area contributed by atoms with E-state index in [-0.39, 0.29) is 11.9 Å². The molecule has 2 saturated heterocycles. The predicted molar refractivity (Wildman–Crippen MR) is 112 cm³/mol. The van der Waals surface area contributed by atoms with E-state index in [0.29, 0.717) is 5.69 Å². The first-order valence-corrected chi connectivity index (χ1v) is 10.8. The molecule has 2 aromatic heterocycles. The molecular weight excluding hydrogens is 352 g/mol. The first-order valence-electron chi connectivity index (χ1n) is 10.8. The minimum absolute atomic E-state index is 0.0788. The Kier molecular flexibility index (Phi) is 5.80. The molecule has 4 rings (SSSR count). The fourth-order valence-corrected chi connectivity index (χ4v) is 4.41. The van der Waals surface area contributed by atoms with Crippen molar-refractivity contribution in [2.24, 2.45) is 7.05 Å². The second kappa shape index (κ2) is 8.47. The zero-order valence-corrected chi connectivity index (χ0v) is 17.2. The number of carbonyl (C=O) groups excluding carboxylic acids is 1. The first kappa shape index (κ1) is 19.2. The number of hydrogen-bond acceptors (Lipinski definition) is 5. The van der Waals surface area contributed by atoms with E-state index in [9.17, 15) is 4.79 Å². The summed E-state index contributed by atoms with van der Waals surface area (Å²) in [4.78, 5) is 22.5. The molecule has 7 nitrogen and oxygen atoms in total. The molecule has 0 spiro atoms. The summed E-state index contributed by atoms with van der Waals surface area (Å²) in [6, 6.07) is 4.30. The molecule has 4 heterocycles. The molecular formula is C21H32N6O. The van der Waals surface area contributed by atoms with Crippen LogP contribution in [0.5, 0.6) is 0 Å². The van der Waals surface area contributed by atoms with Crippen molar-refractivity contribution in [2.45, 2.75) is 51.5 Å². The molecule has 0 bridgehead atoms. The van der Waals surface area contributed by atoms with Crippen molar-refractivity contribution in [2.75, 3.05) is 37.6 Å². The van der Waals surface area contributed by atoms with Crippen LogP contribution in [0.1, 0.15) is 55.9 Å². The van der Waals surface area contributed by atoms with Crippen molar-refractivity contribution >= 4 is 22.8 Å². The molecule has 2 aromatic rings. The molecule has 2 aliphatic rings. The molecule has 0 atom stereocenters. The van der Waals surface area contributed by atoms with Gasteiger partial charge in [0.05, 0.1) is 5.39 Å². The maximum absolute atomic E-state index is 12.9. The van der Waals surface area contributed by atoms with Crippen LogP contribution in [0.4, 0.5) is 5.82 Å². The molecule has 0 saturated carbocycles. The van der Waals surface area contributed by atoms with Gasteiger partial charge in [-0.1, -0.05) is 19.8 Å². The van der Waals surface area contributed by atoms with Gasteiger partial charge in [-0.25, -0.2) is 9.67 Å². The standard InChI is InChI=1S/C21H32N6O/c1-3-26-14-10-16(11-15-26)22-21(28)19-17-8-9-18(23-20(17)25(2)24-19)27-12-6-4-5-7-13-27/h8-9,16H,3-7,10-15H2,1-2H3,(H,22,28). The number of carbonyl (C=O) groups is 1. The summed E-state index contributed by atoms with van der Waals surface area (Å²) in [5.74, 6) is 0.918. The third-order valence-electron chi connectivity index (χ3n) is 6.19. The Hall–Kier alpha value is -2.15. The summed E-state index contributed by atoms with van der Waals surface area (Å²) >= 11 is 0. The number of amides is 1. The number of pyridine rings is 1. The van der Waals surface area contributed by atoms with Gasteiger partial charge in [-0.3, -0.25) is 4.79 Å². The smallest absolute Gasteiger partial charge is 0.272 e. The lowest BCUT2D eigenvalue weighted by Crippen LogP contribution is -2.44. The number of hydrogen-bond donors (Lipinski definition) is 1. The largest absolute Gasteiger partial charge is 0.357 e. The highest BCUT2D eigenvalue weighted by Gasteiger charge is 2.24. The number of aromatic nitrogens is 3. The quantitative estimate of drug-likeness (QED) is 0.878. The molecule has 0 unspecified atom stereocenters. The van der Waals surface area contributed by atoms with E-state index in [1.807, 2.05) is 19.2 Å². The number of rotatable bonds is 4. The second-order valence-corrected chi connectivity index (χ2v) is 8.10. The van der Waals surface area contributed by atoms with Crippen LogP contribution in [0, 0.1) is 0 Å². The summed E-state index contributed by atoms with van der Waals surface area (Å²) in [5.41, 5.74) is 1.28. The van der Waals surface area contributed by atoms with E-state index < -0.39 is 0 Å². The highest BCUT2D eigenvalue weighted by molar-refractivity contribution is 6.04. The average Bonchev–Trinajstić information content (AvgIpc) is 2.89. The maximum atomic E-state index is 12.9. The van der Waals surface area contributed by atoms with Crippen molar-refractivity contribution < 1.29 is 4.79 Å². The third-order valence-corrected chi connectivity index (χ3v) is 6.19. The molecule has 0 aromatic carbocycles. The molecule has 2 aliphatic heterocycles. The van der Waals surface area contributed by atoms with Crippen LogP contribution >= 0.6 is 0 Å². The predicted octanol–water partition coefficient (Wildman–Crippen LogP) is 2.56. The maximum Gasteiger partial charge on any atom is 0.272 e. The van der Waals surface area contributed by atoms with E-state index >= 15 is 0 Å². The fourth-order valence-electron chi connectivity index (χ4n) is 4.41. The number of fused-ring (bicyclic) bond motifs is 1. The minimum Gasteiger partial charge on any atom is -0.357 e. The van der Waals surface area contributed by atoms with Crippen molar-refractivity contribution in [3.8, 4) is 0 Å². The topological polar surface area (TPSA) is 66.3 Å². The van der Waals surface area contributed by atoms with Gasteiger partial charge in [0.15, 0.2) is 11.3 Å². The van der Waals surface area contributed by atoms with Crippen LogP contribution in [-0.2, 0) is 7.05 Å². The molecule has 7 heteroatoms. The van der Waals surface area contributed by atoms with Gasteiger partial charge in [0, 0.05) is 39.3 Å². The van der Waals surface area contributed by atoms with E-state index in [2.05, 4.69) is 27.1 Å². The van der Waals surface area contributed by atoms with Crippen LogP contribution in [0.2, 0.25) is 0 Å². The van der Waals surface area contributed by atoms with E-state index in [1.165, 1.54) is 25.7 Å². The van der Waals surface area contributed by atoms with Gasteiger partial charge >= 0.3 is 0 Å². The summed E-state index contributed by atoms with van der Waals surface area (Å²) in [5, 5.41) is 8.53. The van der Waals surface area contributed by atoms with Gasteiger partial charge < -0.3 is 15.1 Å². The SMILES string of the molecule is CCN1CCC(NC(=O)c2nn(C)c3nc(N4CCCCCC4)ccc23)CC1. The van der Waals surface area contributed by atoms with E-state index in [1.54, 1.807) is 4.68 Å². The van der Waals surface area contributed by atoms with Crippen LogP contribution < -0.4 is 10.2 Å². The summed E-state index contributed by atoms with van der Waals surface area (Å²) in [6.07, 6.45) is 7.03. The van der Waals surface area contributed by atoms with Gasteiger partial charge in [0.1, 0.15) is 5.82 Å². The Morgan fingerprint density at radius 2 is 1.82 bits per heavy atom. The van der Waals surface area contributed by atoms with Gasteiger partial charge in [0.25, 0.3) is 5.91 Å². The first-order chi connectivity index (χ1) is 13.7. The number of piperidine rings is 1. The highest BCUT2D eigenvalue weighted by atomic mass is 16.2. The van der Waals surface area contributed by atoms with Crippen molar-refractivity contribution in [1.82, 2.24) is 25.0 Å². The molecule has 2 fully saturated rings. The minimum atomic E-state index is -0.0788. The number of anilines is 1. The number of aryl methyl sites for hydroxylation is 1. The van der Waals surface area contributed by atoms with Crippen molar-refractivity contribution in [1.29, 1.82) is 0 Å². The lowest BCUT2D eigenvalue weighted by Gasteiger charge is -2.31. The average molecular weight is 385 g/mol. The number of nitrogens with zero attached hydrogens (tertiary/aromatic N) is 5. The Morgan fingerprint density at radius 1 is 1.11 bits per heavy atom. The van der Waals surface area contributed by atoms with E-state index in [4.69, 9.17) is 4.98 Å². The third kappa shape index (κ3) is 3.99. The fraction of sp³-hybridized carbons (Fsp3) is 0.667. The summed E-state index contributed by atoms with van der Waals surface area (Å²) in [7, 11) is 1.87. The van der Waals surface area contributed by atoms with Crippen molar-refractivity contribution in [3.05, 3.63) is 17.8 Å². The monoisotopic (exact) mass is 384 g/mol. The molecule has 0 radical (unpaired) electrons. The van der Waals surface area contributed by atoms with Gasteiger partial charge in [0.2, 0.25) is 0 Å². The Balaban J connectivity index is 1.51. The molecule has 1 amide bonds. The Morgan fingerprint density at radius 3 is 2.50 bits per heavy atom. The summed E-state index contributed by atoms with van der Waals surface area (Å²) < 4.78 is 1.74. The highest BCUT2D eigenvalue weighted by Crippen LogP contribution is 2.23. The van der Waals surface area contributed by atoms with Crippen LogP contribution in [-0.4, -0.2) is 64.3 Å². The number of likely N-dealkylation sites (tertiary alicyclic amines) is 1. The number of nitrogens with one attached hydrogen (secondary N) is 1. The molecule has 0 aliphatic carbocycles. The molecule has 152 valence electrons. The van der Waals surface area contributed by atoms with Gasteiger partial charge in [-0.05, 0) is 44.4 Å². The van der Waals surface area contributed by atoms with Crippen LogP contribution in [0.25, 0.3) is 11.0 Å². The zero-order valence-electron chi connectivity index (χ0n) is 17.2. The Labute approximate surface area is 167 Å². The lowest BCUT2D eigenvalue weighted by molar-refractivity contribution is 0.0908. The van der Waals surface area contributed by atoms with E-state index in [0.717, 1.165) is 62.4 Å². The van der Waals surface area contributed by atoms with Crippen molar-refractivity contribution in [3.63, 3.8) is 0 Å². The Bertz CT molecular complexity index is 816.